The lowest BCUT2D eigenvalue weighted by Crippen LogP contribution is -2.35. The fourth-order valence-corrected chi connectivity index (χ4v) is 3.82. The number of rotatable bonds is 8. The van der Waals surface area contributed by atoms with Crippen molar-refractivity contribution in [1.82, 2.24) is 25.4 Å². The van der Waals surface area contributed by atoms with Crippen molar-refractivity contribution in [1.29, 1.82) is 0 Å². The Labute approximate surface area is 203 Å². The molecule has 0 spiro atoms. The van der Waals surface area contributed by atoms with Crippen LogP contribution in [0.25, 0.3) is 22.3 Å². The van der Waals surface area contributed by atoms with Crippen LogP contribution in [0, 0.1) is 12.7 Å². The third-order valence-corrected chi connectivity index (χ3v) is 5.63. The third-order valence-electron chi connectivity index (χ3n) is 5.63. The summed E-state index contributed by atoms with van der Waals surface area (Å²) in [6, 6.07) is 15.8. The van der Waals surface area contributed by atoms with E-state index in [1.165, 1.54) is 12.1 Å². The maximum Gasteiger partial charge on any atom is 0.252 e. The van der Waals surface area contributed by atoms with Gasteiger partial charge in [-0.3, -0.25) is 9.59 Å². The molecule has 0 aliphatic carbocycles. The molecule has 8 heteroatoms. The van der Waals surface area contributed by atoms with Gasteiger partial charge in [-0.2, -0.15) is 5.10 Å². The summed E-state index contributed by atoms with van der Waals surface area (Å²) in [5.41, 5.74) is 4.45. The molecule has 0 bridgehead atoms. The van der Waals surface area contributed by atoms with Gasteiger partial charge in [-0.05, 0) is 44.5 Å². The Hall–Kier alpha value is -4.07. The van der Waals surface area contributed by atoms with Crippen LogP contribution in [0.1, 0.15) is 41.4 Å². The van der Waals surface area contributed by atoms with Crippen molar-refractivity contribution in [3.05, 3.63) is 83.3 Å². The van der Waals surface area contributed by atoms with Gasteiger partial charge in [0.25, 0.3) is 5.91 Å². The molecule has 0 saturated carbocycles. The van der Waals surface area contributed by atoms with Crippen LogP contribution in [-0.2, 0) is 11.2 Å². The highest BCUT2D eigenvalue weighted by Gasteiger charge is 2.18. The number of hydrogen-bond acceptors (Lipinski definition) is 4. The van der Waals surface area contributed by atoms with Crippen molar-refractivity contribution >= 4 is 22.8 Å². The Morgan fingerprint density at radius 1 is 1.03 bits per heavy atom. The average molecular weight is 474 g/mol. The zero-order valence-electron chi connectivity index (χ0n) is 20.0. The van der Waals surface area contributed by atoms with Gasteiger partial charge < -0.3 is 10.6 Å². The lowest BCUT2D eigenvalue weighted by molar-refractivity contribution is -0.120. The first-order valence-corrected chi connectivity index (χ1v) is 11.6. The van der Waals surface area contributed by atoms with Gasteiger partial charge in [-0.25, -0.2) is 14.1 Å². The smallest absolute Gasteiger partial charge is 0.252 e. The van der Waals surface area contributed by atoms with Crippen LogP contribution in [0.5, 0.6) is 0 Å². The minimum atomic E-state index is -0.378. The van der Waals surface area contributed by atoms with Crippen LogP contribution in [0.4, 0.5) is 4.39 Å². The molecule has 0 fully saturated rings. The maximum atomic E-state index is 13.3. The molecule has 180 valence electrons. The van der Waals surface area contributed by atoms with E-state index in [4.69, 9.17) is 4.98 Å². The minimum absolute atomic E-state index is 0.0744. The molecular formula is C27H28FN5O2. The normalized spacial score (nSPS) is 11.1. The first-order chi connectivity index (χ1) is 16.8. The molecule has 0 aliphatic rings. The van der Waals surface area contributed by atoms with Gasteiger partial charge in [-0.15, -0.1) is 0 Å². The summed E-state index contributed by atoms with van der Waals surface area (Å²) < 4.78 is 15.1. The van der Waals surface area contributed by atoms with E-state index in [9.17, 15) is 14.0 Å². The Bertz CT molecular complexity index is 1360. The first-order valence-electron chi connectivity index (χ1n) is 11.6. The second kappa shape index (κ2) is 10.5. The molecule has 2 amide bonds. The molecule has 0 saturated heterocycles. The van der Waals surface area contributed by atoms with E-state index in [0.717, 1.165) is 11.1 Å². The summed E-state index contributed by atoms with van der Waals surface area (Å²) in [4.78, 5) is 30.1. The molecule has 35 heavy (non-hydrogen) atoms. The van der Waals surface area contributed by atoms with E-state index in [0.29, 0.717) is 27.9 Å². The Kier molecular flexibility index (Phi) is 7.19. The largest absolute Gasteiger partial charge is 0.354 e. The van der Waals surface area contributed by atoms with E-state index in [2.05, 4.69) is 15.7 Å². The first kappa shape index (κ1) is 24.1. The highest BCUT2D eigenvalue weighted by atomic mass is 19.1. The number of carbonyl (C=O) groups excluding carboxylic acids is 2. The van der Waals surface area contributed by atoms with Crippen molar-refractivity contribution in [2.45, 2.75) is 33.2 Å². The zero-order chi connectivity index (χ0) is 24.9. The maximum absolute atomic E-state index is 13.3. The van der Waals surface area contributed by atoms with Crippen molar-refractivity contribution in [3.63, 3.8) is 0 Å². The van der Waals surface area contributed by atoms with E-state index >= 15 is 0 Å². The lowest BCUT2D eigenvalue weighted by Gasteiger charge is -2.12. The fraction of sp³-hybridized carbons (Fsp3) is 0.259. The quantitative estimate of drug-likeness (QED) is 0.375. The van der Waals surface area contributed by atoms with Crippen molar-refractivity contribution in [2.24, 2.45) is 0 Å². The van der Waals surface area contributed by atoms with Crippen molar-refractivity contribution < 1.29 is 14.0 Å². The summed E-state index contributed by atoms with van der Waals surface area (Å²) >= 11 is 0. The summed E-state index contributed by atoms with van der Waals surface area (Å²) in [7, 11) is 0. The monoisotopic (exact) mass is 473 g/mol. The molecule has 4 rings (SSSR count). The Morgan fingerprint density at radius 3 is 2.49 bits per heavy atom. The fourth-order valence-electron chi connectivity index (χ4n) is 3.82. The van der Waals surface area contributed by atoms with E-state index < -0.39 is 0 Å². The van der Waals surface area contributed by atoms with E-state index in [1.54, 1.807) is 29.1 Å². The molecule has 0 atom stereocenters. The minimum Gasteiger partial charge on any atom is -0.354 e. The van der Waals surface area contributed by atoms with Crippen LogP contribution < -0.4 is 10.6 Å². The van der Waals surface area contributed by atoms with Crippen LogP contribution >= 0.6 is 0 Å². The molecular weight excluding hydrogens is 445 g/mol. The number of halogens is 1. The van der Waals surface area contributed by atoms with Crippen LogP contribution in [-0.4, -0.2) is 39.7 Å². The molecule has 2 N–H and O–H groups in total. The molecule has 0 radical (unpaired) electrons. The number of amides is 2. The molecule has 2 aromatic heterocycles. The van der Waals surface area contributed by atoms with E-state index in [1.807, 2.05) is 45.0 Å². The Balaban J connectivity index is 1.47. The third kappa shape index (κ3) is 5.71. The number of aromatic nitrogens is 3. The number of fused-ring (bicyclic) bond motifs is 1. The zero-order valence-corrected chi connectivity index (χ0v) is 20.0. The van der Waals surface area contributed by atoms with Gasteiger partial charge >= 0.3 is 0 Å². The van der Waals surface area contributed by atoms with Gasteiger partial charge in [0.1, 0.15) is 5.82 Å². The lowest BCUT2D eigenvalue weighted by atomic mass is 10.1. The number of pyridine rings is 1. The second-order valence-electron chi connectivity index (χ2n) is 8.75. The molecule has 4 aromatic rings. The average Bonchev–Trinajstić information content (AvgIpc) is 3.26. The molecule has 0 unspecified atom stereocenters. The predicted octanol–water partition coefficient (Wildman–Crippen LogP) is 4.22. The predicted molar refractivity (Wildman–Crippen MR) is 134 cm³/mol. The number of hydrogen-bond donors (Lipinski definition) is 2. The van der Waals surface area contributed by atoms with Crippen molar-refractivity contribution in [3.8, 4) is 11.3 Å². The Morgan fingerprint density at radius 2 is 1.77 bits per heavy atom. The SMILES string of the molecule is Cc1ccc(-c2cc(C(=O)NCCNC(=O)Cc3cccc(F)c3)c3cnn(C(C)C)c3n2)cc1. The number of nitrogens with zero attached hydrogens (tertiary/aromatic N) is 3. The number of carbonyl (C=O) groups is 2. The van der Waals surface area contributed by atoms with Crippen LogP contribution in [0.3, 0.4) is 0 Å². The van der Waals surface area contributed by atoms with Gasteiger partial charge in [0.05, 0.1) is 29.3 Å². The highest BCUT2D eigenvalue weighted by molar-refractivity contribution is 6.06. The van der Waals surface area contributed by atoms with Gasteiger partial charge in [-0.1, -0.05) is 42.0 Å². The van der Waals surface area contributed by atoms with Gasteiger partial charge in [0.15, 0.2) is 5.65 Å². The van der Waals surface area contributed by atoms with E-state index in [-0.39, 0.29) is 43.2 Å². The van der Waals surface area contributed by atoms with Crippen LogP contribution in [0.15, 0.2) is 60.8 Å². The van der Waals surface area contributed by atoms with Gasteiger partial charge in [0.2, 0.25) is 5.91 Å². The molecule has 2 heterocycles. The van der Waals surface area contributed by atoms with Crippen molar-refractivity contribution in [2.75, 3.05) is 13.1 Å². The number of benzene rings is 2. The highest BCUT2D eigenvalue weighted by Crippen LogP contribution is 2.26. The molecule has 7 nitrogen and oxygen atoms in total. The standard InChI is InChI=1S/C27H28FN5O2/c1-17(2)33-26-23(16-31-33)22(15-24(32-26)20-9-7-18(3)8-10-20)27(35)30-12-11-29-25(34)14-19-5-4-6-21(28)13-19/h4-10,13,15-17H,11-12,14H2,1-3H3,(H,29,34)(H,30,35). The number of aryl methyl sites for hydroxylation is 1. The molecule has 0 aliphatic heterocycles. The summed E-state index contributed by atoms with van der Waals surface area (Å²) in [6.45, 7) is 6.54. The van der Waals surface area contributed by atoms with Gasteiger partial charge in [0, 0.05) is 24.7 Å². The summed E-state index contributed by atoms with van der Waals surface area (Å²) in [5, 5.41) is 10.7. The topological polar surface area (TPSA) is 88.9 Å². The summed E-state index contributed by atoms with van der Waals surface area (Å²) in [6.07, 6.45) is 1.74. The summed E-state index contributed by atoms with van der Waals surface area (Å²) in [5.74, 6) is -0.888. The van der Waals surface area contributed by atoms with Crippen LogP contribution in [0.2, 0.25) is 0 Å². The molecule has 2 aromatic carbocycles. The second-order valence-corrected chi connectivity index (χ2v) is 8.75. The number of nitrogens with one attached hydrogen (secondary N) is 2.